The van der Waals surface area contributed by atoms with Crippen LogP contribution in [-0.4, -0.2) is 11.2 Å². The van der Waals surface area contributed by atoms with Gasteiger partial charge in [-0.25, -0.2) is 8.78 Å². The Bertz CT molecular complexity index is 536. The standard InChI is InChI=1S/C14H13F2N3/c15-12-7-13(16)9-14(8-12)19-18-6-2-4-11-3-1-5-17-10-11/h1,3,5-10,19H,2,4H2. The van der Waals surface area contributed by atoms with Gasteiger partial charge in [0.1, 0.15) is 11.6 Å². The number of aromatic nitrogens is 1. The van der Waals surface area contributed by atoms with Crippen molar-refractivity contribution >= 4 is 11.9 Å². The zero-order valence-electron chi connectivity index (χ0n) is 10.2. The van der Waals surface area contributed by atoms with Crippen LogP contribution in [0.15, 0.2) is 47.8 Å². The third-order valence-electron chi connectivity index (χ3n) is 2.43. The van der Waals surface area contributed by atoms with E-state index < -0.39 is 11.6 Å². The lowest BCUT2D eigenvalue weighted by atomic mass is 10.2. The number of rotatable bonds is 5. The highest BCUT2D eigenvalue weighted by atomic mass is 19.1. The van der Waals surface area contributed by atoms with Gasteiger partial charge in [-0.05, 0) is 36.6 Å². The molecule has 0 saturated carbocycles. The van der Waals surface area contributed by atoms with Crippen molar-refractivity contribution in [3.63, 3.8) is 0 Å². The minimum atomic E-state index is -0.631. The van der Waals surface area contributed by atoms with E-state index >= 15 is 0 Å². The fourth-order valence-electron chi connectivity index (χ4n) is 1.58. The van der Waals surface area contributed by atoms with E-state index in [9.17, 15) is 8.78 Å². The molecule has 2 aromatic rings. The molecule has 3 nitrogen and oxygen atoms in total. The minimum absolute atomic E-state index is 0.287. The lowest BCUT2D eigenvalue weighted by molar-refractivity contribution is 0.584. The maximum Gasteiger partial charge on any atom is 0.128 e. The molecule has 0 saturated heterocycles. The molecule has 0 aliphatic heterocycles. The van der Waals surface area contributed by atoms with Crippen LogP contribution in [0.2, 0.25) is 0 Å². The van der Waals surface area contributed by atoms with Crippen molar-refractivity contribution in [2.24, 2.45) is 5.10 Å². The van der Waals surface area contributed by atoms with E-state index in [2.05, 4.69) is 15.5 Å². The van der Waals surface area contributed by atoms with Gasteiger partial charge in [0.05, 0.1) is 5.69 Å². The molecule has 98 valence electrons. The fraction of sp³-hybridized carbons (Fsp3) is 0.143. The largest absolute Gasteiger partial charge is 0.279 e. The van der Waals surface area contributed by atoms with Crippen LogP contribution in [0.5, 0.6) is 0 Å². The number of hydrazone groups is 1. The maximum absolute atomic E-state index is 12.9. The summed E-state index contributed by atoms with van der Waals surface area (Å²) in [4.78, 5) is 4.01. The molecule has 0 fully saturated rings. The molecular weight excluding hydrogens is 248 g/mol. The smallest absolute Gasteiger partial charge is 0.128 e. The number of pyridine rings is 1. The second kappa shape index (κ2) is 6.58. The molecule has 5 heteroatoms. The van der Waals surface area contributed by atoms with E-state index in [1.54, 1.807) is 18.6 Å². The maximum atomic E-state index is 12.9. The fourth-order valence-corrected chi connectivity index (χ4v) is 1.58. The first kappa shape index (κ1) is 13.1. The predicted molar refractivity (Wildman–Crippen MR) is 71.0 cm³/mol. The van der Waals surface area contributed by atoms with Crippen LogP contribution in [0.3, 0.4) is 0 Å². The summed E-state index contributed by atoms with van der Waals surface area (Å²) in [6.45, 7) is 0. The van der Waals surface area contributed by atoms with Crippen LogP contribution in [0.25, 0.3) is 0 Å². The first-order chi connectivity index (χ1) is 9.24. The van der Waals surface area contributed by atoms with Crippen molar-refractivity contribution < 1.29 is 8.78 Å². The number of benzene rings is 1. The zero-order valence-corrected chi connectivity index (χ0v) is 10.2. The van der Waals surface area contributed by atoms with Crippen LogP contribution in [-0.2, 0) is 6.42 Å². The van der Waals surface area contributed by atoms with Gasteiger partial charge in [0.25, 0.3) is 0 Å². The van der Waals surface area contributed by atoms with Gasteiger partial charge >= 0.3 is 0 Å². The monoisotopic (exact) mass is 261 g/mol. The Morgan fingerprint density at radius 2 is 2.00 bits per heavy atom. The molecule has 2 rings (SSSR count). The summed E-state index contributed by atoms with van der Waals surface area (Å²) in [7, 11) is 0. The molecule has 0 unspecified atom stereocenters. The molecule has 1 aromatic heterocycles. The number of halogens is 2. The third-order valence-corrected chi connectivity index (χ3v) is 2.43. The van der Waals surface area contributed by atoms with E-state index in [-0.39, 0.29) is 5.69 Å². The molecule has 0 bridgehead atoms. The highest BCUT2D eigenvalue weighted by Crippen LogP contribution is 2.12. The summed E-state index contributed by atoms with van der Waals surface area (Å²) in [5.74, 6) is -1.26. The Hall–Kier alpha value is -2.30. The first-order valence-corrected chi connectivity index (χ1v) is 5.86. The number of nitrogens with zero attached hydrogens (tertiary/aromatic N) is 2. The van der Waals surface area contributed by atoms with Crippen LogP contribution < -0.4 is 5.43 Å². The van der Waals surface area contributed by atoms with Crippen LogP contribution in [0.1, 0.15) is 12.0 Å². The average molecular weight is 261 g/mol. The average Bonchev–Trinajstić information content (AvgIpc) is 2.38. The third kappa shape index (κ3) is 4.46. The summed E-state index contributed by atoms with van der Waals surface area (Å²) in [6.07, 6.45) is 6.71. The molecule has 19 heavy (non-hydrogen) atoms. The Morgan fingerprint density at radius 1 is 1.21 bits per heavy atom. The lowest BCUT2D eigenvalue weighted by Gasteiger charge is -2.00. The van der Waals surface area contributed by atoms with E-state index in [0.717, 1.165) is 24.5 Å². The number of anilines is 1. The van der Waals surface area contributed by atoms with Crippen LogP contribution >= 0.6 is 0 Å². The van der Waals surface area contributed by atoms with E-state index in [1.165, 1.54) is 12.1 Å². The predicted octanol–water partition coefficient (Wildman–Crippen LogP) is 3.39. The van der Waals surface area contributed by atoms with Crippen molar-refractivity contribution in [2.75, 3.05) is 5.43 Å². The molecule has 0 amide bonds. The highest BCUT2D eigenvalue weighted by Gasteiger charge is 1.98. The van der Waals surface area contributed by atoms with Gasteiger partial charge in [-0.15, -0.1) is 0 Å². The van der Waals surface area contributed by atoms with Crippen molar-refractivity contribution in [1.29, 1.82) is 0 Å². The molecular formula is C14H13F2N3. The molecule has 1 N–H and O–H groups in total. The first-order valence-electron chi connectivity index (χ1n) is 5.86. The van der Waals surface area contributed by atoms with Crippen molar-refractivity contribution in [3.8, 4) is 0 Å². The number of hydrogen-bond donors (Lipinski definition) is 1. The Balaban J connectivity index is 1.80. The van der Waals surface area contributed by atoms with E-state index in [4.69, 9.17) is 0 Å². The van der Waals surface area contributed by atoms with E-state index in [0.29, 0.717) is 0 Å². The molecule has 0 aliphatic carbocycles. The summed E-state index contributed by atoms with van der Waals surface area (Å²) in [5.41, 5.74) is 3.99. The van der Waals surface area contributed by atoms with Crippen LogP contribution in [0, 0.1) is 11.6 Å². The number of hydrogen-bond acceptors (Lipinski definition) is 3. The van der Waals surface area contributed by atoms with Crippen molar-refractivity contribution in [2.45, 2.75) is 12.8 Å². The van der Waals surface area contributed by atoms with Gasteiger partial charge in [0.15, 0.2) is 0 Å². The van der Waals surface area contributed by atoms with Gasteiger partial charge in [-0.1, -0.05) is 6.07 Å². The highest BCUT2D eigenvalue weighted by molar-refractivity contribution is 5.59. The molecule has 1 aromatic carbocycles. The summed E-state index contributed by atoms with van der Waals surface area (Å²) in [5, 5.41) is 3.91. The zero-order chi connectivity index (χ0) is 13.5. The Morgan fingerprint density at radius 3 is 2.68 bits per heavy atom. The summed E-state index contributed by atoms with van der Waals surface area (Å²) in [6, 6.07) is 7.04. The lowest BCUT2D eigenvalue weighted by Crippen LogP contribution is -1.93. The number of aryl methyl sites for hydroxylation is 1. The second-order valence-electron chi connectivity index (χ2n) is 3.98. The van der Waals surface area contributed by atoms with Crippen molar-refractivity contribution in [3.05, 3.63) is 59.9 Å². The van der Waals surface area contributed by atoms with E-state index in [1.807, 2.05) is 12.1 Å². The van der Waals surface area contributed by atoms with Gasteiger partial charge in [0.2, 0.25) is 0 Å². The molecule has 0 spiro atoms. The SMILES string of the molecule is Fc1cc(F)cc(NN=CCCc2cccnc2)c1. The quantitative estimate of drug-likeness (QED) is 0.661. The van der Waals surface area contributed by atoms with Gasteiger partial charge in [-0.2, -0.15) is 5.10 Å². The Labute approximate surface area is 110 Å². The molecule has 0 aliphatic rings. The van der Waals surface area contributed by atoms with Crippen LogP contribution in [0.4, 0.5) is 14.5 Å². The second-order valence-corrected chi connectivity index (χ2v) is 3.98. The van der Waals surface area contributed by atoms with Gasteiger partial charge in [0, 0.05) is 24.7 Å². The summed E-state index contributed by atoms with van der Waals surface area (Å²) >= 11 is 0. The van der Waals surface area contributed by atoms with Gasteiger partial charge < -0.3 is 0 Å². The van der Waals surface area contributed by atoms with Crippen molar-refractivity contribution in [1.82, 2.24) is 4.98 Å². The topological polar surface area (TPSA) is 37.3 Å². The Kier molecular flexibility index (Phi) is 4.55. The normalized spacial score (nSPS) is 10.8. The molecule has 0 radical (unpaired) electrons. The minimum Gasteiger partial charge on any atom is -0.279 e. The number of nitrogens with one attached hydrogen (secondary N) is 1. The molecule has 0 atom stereocenters. The molecule has 1 heterocycles. The van der Waals surface area contributed by atoms with Gasteiger partial charge in [-0.3, -0.25) is 10.4 Å². The summed E-state index contributed by atoms with van der Waals surface area (Å²) < 4.78 is 25.8.